The molecule has 8 nitrogen and oxygen atoms in total. The molecule has 0 saturated carbocycles. The maximum Gasteiger partial charge on any atom is 0.194 e. The molecule has 0 unspecified atom stereocenters. The van der Waals surface area contributed by atoms with Gasteiger partial charge < -0.3 is 19.3 Å². The van der Waals surface area contributed by atoms with Gasteiger partial charge in [0, 0.05) is 35.4 Å². The van der Waals surface area contributed by atoms with Crippen molar-refractivity contribution in [1.82, 2.24) is 14.5 Å². The Bertz CT molecular complexity index is 2300. The van der Waals surface area contributed by atoms with Crippen LogP contribution in [0.15, 0.2) is 139 Å². The summed E-state index contributed by atoms with van der Waals surface area (Å²) in [5, 5.41) is 8.91. The summed E-state index contributed by atoms with van der Waals surface area (Å²) in [5.41, 5.74) is 5.91. The van der Waals surface area contributed by atoms with Crippen molar-refractivity contribution in [2.24, 2.45) is 5.10 Å². The van der Waals surface area contributed by atoms with Crippen molar-refractivity contribution in [2.45, 2.75) is 0 Å². The number of hydrogen-bond acceptors (Lipinski definition) is 7. The smallest absolute Gasteiger partial charge is 0.194 e. The number of fused-ring (bicyclic) bond motifs is 5. The summed E-state index contributed by atoms with van der Waals surface area (Å²) in [6.07, 6.45) is 3.67. The lowest BCUT2D eigenvalue weighted by Gasteiger charge is -2.30. The van der Waals surface area contributed by atoms with E-state index in [0.717, 1.165) is 45.0 Å². The van der Waals surface area contributed by atoms with Crippen LogP contribution in [0.1, 0.15) is 0 Å². The van der Waals surface area contributed by atoms with Gasteiger partial charge in [-0.3, -0.25) is 4.57 Å². The standard InChI is InChI=1S/C38H28N6O2/c1-41-24-40-42(25-41)26-10-8-11-27(22-26)43(32-14-9-17-36-38(32)46-35-16-5-4-15-34(35)45-36)28-19-20-30-29-12-2-3-13-31(29)44(33(30)23-28)37-18-6-7-21-39-37/h2-24H,25H2,1H3. The first-order valence-corrected chi connectivity index (χ1v) is 15.2. The first kappa shape index (κ1) is 26.2. The van der Waals surface area contributed by atoms with E-state index >= 15 is 0 Å². The summed E-state index contributed by atoms with van der Waals surface area (Å²) in [7, 11) is 2.01. The fourth-order valence-electron chi connectivity index (χ4n) is 6.34. The van der Waals surface area contributed by atoms with Crippen LogP contribution in [0, 0.1) is 0 Å². The molecule has 4 heterocycles. The second-order valence-electron chi connectivity index (χ2n) is 11.4. The summed E-state index contributed by atoms with van der Waals surface area (Å²) in [6.45, 7) is 0.675. The molecule has 2 aliphatic heterocycles. The van der Waals surface area contributed by atoms with E-state index in [4.69, 9.17) is 14.5 Å². The molecule has 0 amide bonds. The van der Waals surface area contributed by atoms with Crippen molar-refractivity contribution in [3.05, 3.63) is 134 Å². The van der Waals surface area contributed by atoms with Crippen LogP contribution >= 0.6 is 0 Å². The van der Waals surface area contributed by atoms with E-state index in [1.165, 1.54) is 5.39 Å². The Kier molecular flexibility index (Phi) is 5.92. The number of anilines is 4. The van der Waals surface area contributed by atoms with Crippen LogP contribution in [0.2, 0.25) is 0 Å². The molecule has 0 radical (unpaired) electrons. The van der Waals surface area contributed by atoms with Gasteiger partial charge in [0.1, 0.15) is 18.8 Å². The van der Waals surface area contributed by atoms with Crippen LogP contribution in [0.4, 0.5) is 22.7 Å². The highest BCUT2D eigenvalue weighted by Gasteiger charge is 2.27. The maximum atomic E-state index is 6.58. The van der Waals surface area contributed by atoms with Gasteiger partial charge in [-0.15, -0.1) is 0 Å². The van der Waals surface area contributed by atoms with E-state index in [0.29, 0.717) is 29.7 Å². The van der Waals surface area contributed by atoms with Gasteiger partial charge in [0.15, 0.2) is 23.0 Å². The van der Waals surface area contributed by atoms with Crippen LogP contribution in [0.5, 0.6) is 23.0 Å². The fourth-order valence-corrected chi connectivity index (χ4v) is 6.34. The highest BCUT2D eigenvalue weighted by Crippen LogP contribution is 2.52. The lowest BCUT2D eigenvalue weighted by atomic mass is 10.1. The van der Waals surface area contributed by atoms with Crippen LogP contribution in [-0.4, -0.2) is 34.5 Å². The van der Waals surface area contributed by atoms with E-state index < -0.39 is 0 Å². The topological polar surface area (TPSA) is 58.4 Å². The van der Waals surface area contributed by atoms with Crippen LogP contribution < -0.4 is 19.4 Å². The van der Waals surface area contributed by atoms with Gasteiger partial charge in [-0.25, -0.2) is 9.99 Å². The Morgan fingerprint density at radius 1 is 0.652 bits per heavy atom. The fraction of sp³-hybridized carbons (Fsp3) is 0.0526. The molecule has 46 heavy (non-hydrogen) atoms. The summed E-state index contributed by atoms with van der Waals surface area (Å²) in [6, 6.07) is 43.3. The second kappa shape index (κ2) is 10.4. The van der Waals surface area contributed by atoms with Gasteiger partial charge in [0.25, 0.3) is 0 Å². The summed E-state index contributed by atoms with van der Waals surface area (Å²) < 4.78 is 15.2. The molecule has 2 aliphatic rings. The van der Waals surface area contributed by atoms with Gasteiger partial charge in [0.2, 0.25) is 0 Å². The first-order valence-electron chi connectivity index (χ1n) is 15.2. The molecule has 5 aromatic carbocycles. The van der Waals surface area contributed by atoms with Gasteiger partial charge in [0.05, 0.1) is 22.4 Å². The van der Waals surface area contributed by atoms with Crippen molar-refractivity contribution < 1.29 is 9.47 Å². The number of hydrogen-bond donors (Lipinski definition) is 0. The number of nitrogens with zero attached hydrogens (tertiary/aromatic N) is 6. The lowest BCUT2D eigenvalue weighted by Crippen LogP contribution is -2.23. The Balaban J connectivity index is 1.28. The van der Waals surface area contributed by atoms with Gasteiger partial charge >= 0.3 is 0 Å². The quantitative estimate of drug-likeness (QED) is 0.196. The molecule has 222 valence electrons. The second-order valence-corrected chi connectivity index (χ2v) is 11.4. The third-order valence-corrected chi connectivity index (χ3v) is 8.41. The average molecular weight is 601 g/mol. The summed E-state index contributed by atoms with van der Waals surface area (Å²) in [4.78, 5) is 9.01. The van der Waals surface area contributed by atoms with E-state index in [1.54, 1.807) is 0 Å². The average Bonchev–Trinajstić information content (AvgIpc) is 3.69. The predicted molar refractivity (Wildman–Crippen MR) is 183 cm³/mol. The van der Waals surface area contributed by atoms with Crippen molar-refractivity contribution in [1.29, 1.82) is 0 Å². The molecule has 0 fully saturated rings. The Morgan fingerprint density at radius 2 is 1.41 bits per heavy atom. The third kappa shape index (κ3) is 4.22. The largest absolute Gasteiger partial charge is 0.449 e. The van der Waals surface area contributed by atoms with E-state index in [9.17, 15) is 0 Å². The number of benzene rings is 5. The first-order chi connectivity index (χ1) is 22.7. The molecule has 0 saturated heterocycles. The highest BCUT2D eigenvalue weighted by atomic mass is 16.6. The molecule has 0 bridgehead atoms. The summed E-state index contributed by atoms with van der Waals surface area (Å²) >= 11 is 0. The minimum absolute atomic E-state index is 0.649. The van der Waals surface area contributed by atoms with Crippen molar-refractivity contribution >= 4 is 50.9 Å². The van der Waals surface area contributed by atoms with Crippen molar-refractivity contribution in [3.8, 4) is 28.8 Å². The Labute approximate surface area is 265 Å². The van der Waals surface area contributed by atoms with Crippen LogP contribution in [0.25, 0.3) is 27.6 Å². The van der Waals surface area contributed by atoms with E-state index in [1.807, 2.05) is 84.1 Å². The maximum absolute atomic E-state index is 6.58. The van der Waals surface area contributed by atoms with Crippen LogP contribution in [0.3, 0.4) is 0 Å². The SMILES string of the molecule is CN1C=NN(c2cccc(N(c3ccc4c5ccccc5n(-c5ccccn5)c4c3)c3cccc4c3Oc3ccccc3O4)c2)C1. The number of rotatable bonds is 5. The number of aromatic nitrogens is 2. The monoisotopic (exact) mass is 600 g/mol. The Morgan fingerprint density at radius 3 is 2.26 bits per heavy atom. The molecule has 0 aliphatic carbocycles. The highest BCUT2D eigenvalue weighted by molar-refractivity contribution is 6.10. The zero-order valence-corrected chi connectivity index (χ0v) is 25.0. The molecule has 8 heteroatoms. The van der Waals surface area contributed by atoms with Gasteiger partial charge in [-0.05, 0) is 72.8 Å². The molecule has 0 spiro atoms. The van der Waals surface area contributed by atoms with E-state index in [2.05, 4.69) is 87.4 Å². The molecular weight excluding hydrogens is 572 g/mol. The number of pyridine rings is 1. The third-order valence-electron chi connectivity index (χ3n) is 8.41. The number of ether oxygens (including phenoxy) is 2. The van der Waals surface area contributed by atoms with Gasteiger partial charge in [-0.1, -0.05) is 54.6 Å². The zero-order valence-electron chi connectivity index (χ0n) is 25.0. The minimum Gasteiger partial charge on any atom is -0.449 e. The van der Waals surface area contributed by atoms with Gasteiger partial charge in [-0.2, -0.15) is 5.10 Å². The number of hydrazone groups is 1. The van der Waals surface area contributed by atoms with Crippen molar-refractivity contribution in [2.75, 3.05) is 23.6 Å². The molecule has 7 aromatic rings. The minimum atomic E-state index is 0.649. The number of para-hydroxylation sites is 4. The molecule has 0 atom stereocenters. The molecule has 9 rings (SSSR count). The Hall–Kier alpha value is -6.28. The summed E-state index contributed by atoms with van der Waals surface area (Å²) in [5.74, 6) is 3.54. The molecular formula is C38H28N6O2. The molecule has 0 N–H and O–H groups in total. The van der Waals surface area contributed by atoms with Crippen LogP contribution in [-0.2, 0) is 0 Å². The normalized spacial score (nSPS) is 13.4. The van der Waals surface area contributed by atoms with Crippen molar-refractivity contribution in [3.63, 3.8) is 0 Å². The van der Waals surface area contributed by atoms with E-state index in [-0.39, 0.29) is 0 Å². The molecule has 2 aromatic heterocycles. The lowest BCUT2D eigenvalue weighted by molar-refractivity contribution is 0.360. The predicted octanol–water partition coefficient (Wildman–Crippen LogP) is 9.20. The zero-order chi connectivity index (χ0) is 30.6.